The lowest BCUT2D eigenvalue weighted by atomic mass is 9.71. The van der Waals surface area contributed by atoms with Gasteiger partial charge in [0.05, 0.1) is 6.10 Å². The molecule has 3 atom stereocenters. The van der Waals surface area contributed by atoms with Gasteiger partial charge in [-0.1, -0.05) is 43.7 Å². The van der Waals surface area contributed by atoms with Crippen molar-refractivity contribution in [1.29, 1.82) is 0 Å². The van der Waals surface area contributed by atoms with Gasteiger partial charge < -0.3 is 10.4 Å². The van der Waals surface area contributed by atoms with Crippen LogP contribution < -0.4 is 16.4 Å². The number of nitrogens with one attached hydrogen (secondary N) is 2. The molecule has 0 saturated heterocycles. The second-order valence-corrected chi connectivity index (χ2v) is 8.41. The summed E-state index contributed by atoms with van der Waals surface area (Å²) in [6, 6.07) is 12.5. The third kappa shape index (κ3) is 5.90. The van der Waals surface area contributed by atoms with Crippen molar-refractivity contribution in [3.8, 4) is 0 Å². The molecule has 29 heavy (non-hydrogen) atoms. The molecule has 3 N–H and O–H groups in total. The number of H-pyrrole nitrogens is 1. The van der Waals surface area contributed by atoms with Gasteiger partial charge in [-0.05, 0) is 42.6 Å². The lowest BCUT2D eigenvalue weighted by Crippen LogP contribution is -2.41. The number of carbonyl (C=O) groups excluding carboxylic acids is 1. The van der Waals surface area contributed by atoms with Crippen molar-refractivity contribution in [3.63, 3.8) is 0 Å². The average molecular weight is 399 g/mol. The zero-order valence-corrected chi connectivity index (χ0v) is 16.8. The van der Waals surface area contributed by atoms with E-state index in [1.807, 2.05) is 18.2 Å². The van der Waals surface area contributed by atoms with E-state index in [4.69, 9.17) is 0 Å². The van der Waals surface area contributed by atoms with Crippen molar-refractivity contribution in [2.45, 2.75) is 57.6 Å². The summed E-state index contributed by atoms with van der Waals surface area (Å²) in [5.74, 6) is -0.0879. The first-order valence-electron chi connectivity index (χ1n) is 10.1. The highest BCUT2D eigenvalue weighted by atomic mass is 16.3. The number of carbonyl (C=O) groups is 1. The largest absolute Gasteiger partial charge is 0.393 e. The standard InChI is InChI=1S/C22H29N3O4/c1-22(15-23-20(28)14-25-21(29)10-9-19(27)24-25)11-5-8-18(26)12-17(13-22)16-6-3-2-4-7-16/h2-4,6-7,9-10,17-18,26H,5,8,11-15H2,1H3,(H,23,28)(H,24,27)/t17-,18+,22+/m0/s1. The minimum absolute atomic E-state index is 0.120. The molecule has 156 valence electrons. The first kappa shape index (κ1) is 21.0. The topological polar surface area (TPSA) is 104 Å². The van der Waals surface area contributed by atoms with Gasteiger partial charge in [-0.25, -0.2) is 4.68 Å². The van der Waals surface area contributed by atoms with Crippen LogP contribution in [0.1, 0.15) is 50.5 Å². The third-order valence-electron chi connectivity index (χ3n) is 5.79. The van der Waals surface area contributed by atoms with E-state index < -0.39 is 11.1 Å². The number of benzene rings is 1. The Morgan fingerprint density at radius 2 is 2.00 bits per heavy atom. The van der Waals surface area contributed by atoms with Crippen LogP contribution in [0, 0.1) is 5.41 Å². The Hall–Kier alpha value is -2.67. The van der Waals surface area contributed by atoms with E-state index in [0.717, 1.165) is 42.5 Å². The van der Waals surface area contributed by atoms with E-state index in [9.17, 15) is 19.5 Å². The molecule has 7 heteroatoms. The van der Waals surface area contributed by atoms with Crippen LogP contribution >= 0.6 is 0 Å². The van der Waals surface area contributed by atoms with Gasteiger partial charge in [-0.2, -0.15) is 0 Å². The fraction of sp³-hybridized carbons (Fsp3) is 0.500. The predicted octanol–water partition coefficient (Wildman–Crippen LogP) is 1.77. The minimum Gasteiger partial charge on any atom is -0.393 e. The van der Waals surface area contributed by atoms with Gasteiger partial charge in [-0.3, -0.25) is 19.5 Å². The molecule has 0 spiro atoms. The van der Waals surface area contributed by atoms with Crippen molar-refractivity contribution in [2.75, 3.05) is 6.54 Å². The Morgan fingerprint density at radius 1 is 1.24 bits per heavy atom. The monoisotopic (exact) mass is 399 g/mol. The molecule has 2 aromatic rings. The highest BCUT2D eigenvalue weighted by Crippen LogP contribution is 2.40. The minimum atomic E-state index is -0.423. The molecule has 0 unspecified atom stereocenters. The Bertz CT molecular complexity index is 937. The molecule has 1 saturated carbocycles. The van der Waals surface area contributed by atoms with Crippen molar-refractivity contribution in [2.24, 2.45) is 5.41 Å². The molecule has 1 aromatic carbocycles. The molecular weight excluding hydrogens is 370 g/mol. The normalized spacial score (nSPS) is 25.0. The maximum absolute atomic E-state index is 12.4. The summed E-state index contributed by atoms with van der Waals surface area (Å²) in [5, 5.41) is 15.6. The molecule has 0 bridgehead atoms. The SMILES string of the molecule is C[C@@]1(CNC(=O)Cn2[nH]c(=O)ccc2=O)CCC[C@@H](O)C[C@H](c2ccccc2)C1. The predicted molar refractivity (Wildman–Crippen MR) is 111 cm³/mol. The Kier molecular flexibility index (Phi) is 6.69. The molecule has 1 heterocycles. The van der Waals surface area contributed by atoms with Crippen LogP contribution in [0.25, 0.3) is 0 Å². The average Bonchev–Trinajstić information content (AvgIpc) is 2.68. The molecule has 7 nitrogen and oxygen atoms in total. The first-order valence-corrected chi connectivity index (χ1v) is 10.1. The summed E-state index contributed by atoms with van der Waals surface area (Å²) in [4.78, 5) is 35.5. The number of aliphatic hydroxyl groups is 1. The first-order chi connectivity index (χ1) is 13.8. The van der Waals surface area contributed by atoms with Crippen LogP contribution in [0.5, 0.6) is 0 Å². The summed E-state index contributed by atoms with van der Waals surface area (Å²) in [5.41, 5.74) is 0.244. The van der Waals surface area contributed by atoms with Crippen LogP contribution in [0.2, 0.25) is 0 Å². The maximum atomic E-state index is 12.4. The lowest BCUT2D eigenvalue weighted by Gasteiger charge is -2.37. The number of aromatic amines is 1. The van der Waals surface area contributed by atoms with Gasteiger partial charge in [0.1, 0.15) is 6.54 Å². The van der Waals surface area contributed by atoms with Crippen molar-refractivity contribution >= 4 is 5.91 Å². The van der Waals surface area contributed by atoms with Crippen molar-refractivity contribution < 1.29 is 9.90 Å². The Morgan fingerprint density at radius 3 is 2.76 bits per heavy atom. The number of amides is 1. The molecule has 1 fully saturated rings. The second-order valence-electron chi connectivity index (χ2n) is 8.41. The molecular formula is C22H29N3O4. The fourth-order valence-electron chi connectivity index (χ4n) is 4.22. The van der Waals surface area contributed by atoms with Crippen LogP contribution in [0.15, 0.2) is 52.1 Å². The number of aromatic nitrogens is 2. The lowest BCUT2D eigenvalue weighted by molar-refractivity contribution is -0.122. The van der Waals surface area contributed by atoms with Gasteiger partial charge in [0.25, 0.3) is 11.1 Å². The fourth-order valence-corrected chi connectivity index (χ4v) is 4.22. The van der Waals surface area contributed by atoms with E-state index in [0.29, 0.717) is 13.0 Å². The van der Waals surface area contributed by atoms with Crippen molar-refractivity contribution in [3.05, 3.63) is 68.7 Å². The maximum Gasteiger partial charge on any atom is 0.265 e. The third-order valence-corrected chi connectivity index (χ3v) is 5.79. The molecule has 1 aliphatic carbocycles. The quantitative estimate of drug-likeness (QED) is 0.713. The molecule has 3 rings (SSSR count). The van der Waals surface area contributed by atoms with Crippen LogP contribution in [-0.4, -0.2) is 33.4 Å². The molecule has 0 radical (unpaired) electrons. The molecule has 1 aromatic heterocycles. The van der Waals surface area contributed by atoms with Crippen LogP contribution in [-0.2, 0) is 11.3 Å². The second kappa shape index (κ2) is 9.22. The smallest absolute Gasteiger partial charge is 0.265 e. The van der Waals surface area contributed by atoms with E-state index in [1.165, 1.54) is 5.56 Å². The molecule has 0 aliphatic heterocycles. The number of rotatable bonds is 5. The number of hydrogen-bond acceptors (Lipinski definition) is 4. The van der Waals surface area contributed by atoms with E-state index in [2.05, 4.69) is 29.5 Å². The Balaban J connectivity index is 1.67. The highest BCUT2D eigenvalue weighted by Gasteiger charge is 2.32. The highest BCUT2D eigenvalue weighted by molar-refractivity contribution is 5.75. The van der Waals surface area contributed by atoms with Gasteiger partial charge in [0, 0.05) is 18.7 Å². The van der Waals surface area contributed by atoms with Crippen LogP contribution in [0.4, 0.5) is 0 Å². The van der Waals surface area contributed by atoms with Crippen molar-refractivity contribution in [1.82, 2.24) is 15.1 Å². The number of hydrogen-bond donors (Lipinski definition) is 3. The van der Waals surface area contributed by atoms with Crippen LogP contribution in [0.3, 0.4) is 0 Å². The van der Waals surface area contributed by atoms with Gasteiger partial charge in [0.15, 0.2) is 0 Å². The van der Waals surface area contributed by atoms with Gasteiger partial charge in [0.2, 0.25) is 5.91 Å². The number of nitrogens with zero attached hydrogens (tertiary/aromatic N) is 1. The van der Waals surface area contributed by atoms with Gasteiger partial charge >= 0.3 is 0 Å². The molecule has 1 aliphatic rings. The summed E-state index contributed by atoms with van der Waals surface area (Å²) in [6.07, 6.45) is 3.83. The van der Waals surface area contributed by atoms with Gasteiger partial charge in [-0.15, -0.1) is 0 Å². The summed E-state index contributed by atoms with van der Waals surface area (Å²) < 4.78 is 1.02. The van der Waals surface area contributed by atoms with E-state index in [1.54, 1.807) is 0 Å². The summed E-state index contributed by atoms with van der Waals surface area (Å²) >= 11 is 0. The van der Waals surface area contributed by atoms with E-state index in [-0.39, 0.29) is 29.9 Å². The molecule has 1 amide bonds. The zero-order valence-electron chi connectivity index (χ0n) is 16.8. The number of aliphatic hydroxyl groups excluding tert-OH is 1. The summed E-state index contributed by atoms with van der Waals surface area (Å²) in [7, 11) is 0. The summed E-state index contributed by atoms with van der Waals surface area (Å²) in [6.45, 7) is 2.43. The Labute approximate surface area is 169 Å². The zero-order chi connectivity index (χ0) is 20.9. The van der Waals surface area contributed by atoms with E-state index >= 15 is 0 Å².